The molecule has 6 nitrogen and oxygen atoms in total. The minimum Gasteiger partial charge on any atom is -0.508 e. The summed E-state index contributed by atoms with van der Waals surface area (Å²) in [6.45, 7) is 2.35. The second-order valence-electron chi connectivity index (χ2n) is 6.65. The number of nitrogens with one attached hydrogen (secondary N) is 2. The zero-order valence-electron chi connectivity index (χ0n) is 15.4. The van der Waals surface area contributed by atoms with Crippen molar-refractivity contribution in [2.45, 2.75) is 25.5 Å². The standard InChI is InChI=1S/C21H24N2O4/c1-13(10-14-6-7-15(27-2)11-19(14)24)22-12-20(25)17-4-3-5-18-16(17)8-9-21(26)23-18/h3-9,11,13,20,22,24-25H,10,12H2,1-2H3,(H,23,26). The summed E-state index contributed by atoms with van der Waals surface area (Å²) in [5.41, 5.74) is 2.11. The van der Waals surface area contributed by atoms with Crippen LogP contribution in [-0.4, -0.2) is 34.9 Å². The molecule has 142 valence electrons. The van der Waals surface area contributed by atoms with Gasteiger partial charge in [-0.25, -0.2) is 0 Å². The first-order chi connectivity index (χ1) is 13.0. The van der Waals surface area contributed by atoms with Crippen LogP contribution in [0, 0.1) is 0 Å². The number of benzene rings is 2. The van der Waals surface area contributed by atoms with Gasteiger partial charge in [-0.1, -0.05) is 18.2 Å². The number of aromatic hydroxyl groups is 1. The molecule has 4 N–H and O–H groups in total. The number of H-pyrrole nitrogens is 1. The number of phenolic OH excluding ortho intramolecular Hbond substituents is 1. The van der Waals surface area contributed by atoms with Crippen LogP contribution in [0.25, 0.3) is 10.9 Å². The summed E-state index contributed by atoms with van der Waals surface area (Å²) in [6.07, 6.45) is -0.0997. The number of hydrogen-bond donors (Lipinski definition) is 4. The topological polar surface area (TPSA) is 94.6 Å². The average Bonchev–Trinajstić information content (AvgIpc) is 2.66. The van der Waals surface area contributed by atoms with Crippen LogP contribution >= 0.6 is 0 Å². The van der Waals surface area contributed by atoms with E-state index in [0.717, 1.165) is 16.5 Å². The third-order valence-corrected chi connectivity index (χ3v) is 4.64. The summed E-state index contributed by atoms with van der Waals surface area (Å²) in [5.74, 6) is 0.808. The predicted molar refractivity (Wildman–Crippen MR) is 105 cm³/mol. The van der Waals surface area contributed by atoms with Gasteiger partial charge in [0.2, 0.25) is 5.56 Å². The quantitative estimate of drug-likeness (QED) is 0.514. The number of fused-ring (bicyclic) bond motifs is 1. The Morgan fingerprint density at radius 2 is 2.00 bits per heavy atom. The van der Waals surface area contributed by atoms with E-state index in [-0.39, 0.29) is 17.4 Å². The predicted octanol–water partition coefficient (Wildman–Crippen LogP) is 2.50. The van der Waals surface area contributed by atoms with Gasteiger partial charge in [-0.2, -0.15) is 0 Å². The van der Waals surface area contributed by atoms with Crippen molar-refractivity contribution in [3.63, 3.8) is 0 Å². The number of pyridine rings is 1. The Morgan fingerprint density at radius 3 is 2.74 bits per heavy atom. The summed E-state index contributed by atoms with van der Waals surface area (Å²) >= 11 is 0. The number of methoxy groups -OCH3 is 1. The number of hydrogen-bond acceptors (Lipinski definition) is 5. The number of aliphatic hydroxyl groups excluding tert-OH is 1. The highest BCUT2D eigenvalue weighted by molar-refractivity contribution is 5.82. The van der Waals surface area contributed by atoms with Crippen LogP contribution in [0.5, 0.6) is 11.5 Å². The maximum atomic E-state index is 11.5. The monoisotopic (exact) mass is 368 g/mol. The number of rotatable bonds is 7. The third kappa shape index (κ3) is 4.48. The van der Waals surface area contributed by atoms with E-state index in [1.165, 1.54) is 6.07 Å². The molecule has 2 unspecified atom stereocenters. The molecular weight excluding hydrogens is 344 g/mol. The van der Waals surface area contributed by atoms with E-state index in [4.69, 9.17) is 4.74 Å². The molecule has 3 aromatic rings. The normalized spacial score (nSPS) is 13.4. The highest BCUT2D eigenvalue weighted by Crippen LogP contribution is 2.25. The molecule has 0 radical (unpaired) electrons. The maximum Gasteiger partial charge on any atom is 0.248 e. The van der Waals surface area contributed by atoms with Gasteiger partial charge < -0.3 is 25.3 Å². The Kier molecular flexibility index (Phi) is 5.78. The molecule has 0 aliphatic carbocycles. The first-order valence-electron chi connectivity index (χ1n) is 8.87. The van der Waals surface area contributed by atoms with Gasteiger partial charge in [-0.3, -0.25) is 4.79 Å². The van der Waals surface area contributed by atoms with Gasteiger partial charge in [0.15, 0.2) is 0 Å². The molecule has 0 saturated heterocycles. The van der Waals surface area contributed by atoms with Crippen LogP contribution in [0.1, 0.15) is 24.2 Å². The van der Waals surface area contributed by atoms with Crippen molar-refractivity contribution in [3.8, 4) is 11.5 Å². The van der Waals surface area contributed by atoms with Crippen molar-refractivity contribution in [1.82, 2.24) is 10.3 Å². The molecule has 2 aromatic carbocycles. The molecule has 0 spiro atoms. The number of aromatic amines is 1. The van der Waals surface area contributed by atoms with E-state index in [1.54, 1.807) is 19.2 Å². The number of aromatic nitrogens is 1. The average molecular weight is 368 g/mol. The molecule has 0 saturated carbocycles. The van der Waals surface area contributed by atoms with E-state index in [0.29, 0.717) is 24.2 Å². The molecule has 27 heavy (non-hydrogen) atoms. The van der Waals surface area contributed by atoms with Crippen LogP contribution in [0.4, 0.5) is 0 Å². The molecule has 3 rings (SSSR count). The fraction of sp³-hybridized carbons (Fsp3) is 0.286. The first kappa shape index (κ1) is 18.9. The molecule has 0 aliphatic rings. The van der Waals surface area contributed by atoms with Gasteiger partial charge in [-0.05, 0) is 42.7 Å². The largest absolute Gasteiger partial charge is 0.508 e. The van der Waals surface area contributed by atoms with E-state index >= 15 is 0 Å². The van der Waals surface area contributed by atoms with Crippen molar-refractivity contribution in [1.29, 1.82) is 0 Å². The molecule has 0 aliphatic heterocycles. The van der Waals surface area contributed by atoms with Gasteiger partial charge in [0.1, 0.15) is 11.5 Å². The summed E-state index contributed by atoms with van der Waals surface area (Å²) < 4.78 is 5.09. The Morgan fingerprint density at radius 1 is 1.19 bits per heavy atom. The zero-order valence-corrected chi connectivity index (χ0v) is 15.4. The molecule has 1 aromatic heterocycles. The first-order valence-corrected chi connectivity index (χ1v) is 8.87. The third-order valence-electron chi connectivity index (χ3n) is 4.64. The van der Waals surface area contributed by atoms with Gasteiger partial charge in [0.25, 0.3) is 0 Å². The summed E-state index contributed by atoms with van der Waals surface area (Å²) in [4.78, 5) is 14.2. The van der Waals surface area contributed by atoms with Crippen LogP contribution in [-0.2, 0) is 6.42 Å². The second kappa shape index (κ2) is 8.24. The van der Waals surface area contributed by atoms with Gasteiger partial charge >= 0.3 is 0 Å². The molecule has 2 atom stereocenters. The highest BCUT2D eigenvalue weighted by atomic mass is 16.5. The maximum absolute atomic E-state index is 11.5. The Bertz CT molecular complexity index is 983. The Labute approximate surface area is 157 Å². The Hall–Kier alpha value is -2.83. The lowest BCUT2D eigenvalue weighted by atomic mass is 10.0. The fourth-order valence-electron chi connectivity index (χ4n) is 3.17. The Balaban J connectivity index is 1.65. The lowest BCUT2D eigenvalue weighted by Crippen LogP contribution is -2.32. The van der Waals surface area contributed by atoms with Crippen LogP contribution < -0.4 is 15.6 Å². The highest BCUT2D eigenvalue weighted by Gasteiger charge is 2.14. The van der Waals surface area contributed by atoms with Crippen LogP contribution in [0.3, 0.4) is 0 Å². The second-order valence-corrected chi connectivity index (χ2v) is 6.65. The molecule has 0 amide bonds. The van der Waals surface area contributed by atoms with Crippen molar-refractivity contribution >= 4 is 10.9 Å². The molecule has 6 heteroatoms. The minimum atomic E-state index is -0.716. The van der Waals surface area contributed by atoms with Gasteiger partial charge in [-0.15, -0.1) is 0 Å². The fourth-order valence-corrected chi connectivity index (χ4v) is 3.17. The van der Waals surface area contributed by atoms with Crippen molar-refractivity contribution in [2.75, 3.05) is 13.7 Å². The molecular formula is C21H24N2O4. The van der Waals surface area contributed by atoms with Gasteiger partial charge in [0.05, 0.1) is 13.2 Å². The van der Waals surface area contributed by atoms with E-state index in [2.05, 4.69) is 10.3 Å². The van der Waals surface area contributed by atoms with Gasteiger partial charge in [0, 0.05) is 35.6 Å². The van der Waals surface area contributed by atoms with Crippen LogP contribution in [0.15, 0.2) is 53.3 Å². The molecule has 0 fully saturated rings. The molecule has 1 heterocycles. The zero-order chi connectivity index (χ0) is 19.4. The number of ether oxygens (including phenoxy) is 1. The molecule has 0 bridgehead atoms. The van der Waals surface area contributed by atoms with Crippen LogP contribution in [0.2, 0.25) is 0 Å². The lowest BCUT2D eigenvalue weighted by Gasteiger charge is -2.19. The smallest absolute Gasteiger partial charge is 0.248 e. The summed E-state index contributed by atoms with van der Waals surface area (Å²) in [7, 11) is 1.56. The number of phenols is 1. The lowest BCUT2D eigenvalue weighted by molar-refractivity contribution is 0.172. The van der Waals surface area contributed by atoms with Crippen molar-refractivity contribution in [3.05, 3.63) is 70.0 Å². The minimum absolute atomic E-state index is 0.0497. The summed E-state index contributed by atoms with van der Waals surface area (Å²) in [5, 5.41) is 24.8. The van der Waals surface area contributed by atoms with E-state index in [1.807, 2.05) is 37.3 Å². The number of aliphatic hydroxyl groups is 1. The van der Waals surface area contributed by atoms with Crippen molar-refractivity contribution in [2.24, 2.45) is 0 Å². The van der Waals surface area contributed by atoms with E-state index in [9.17, 15) is 15.0 Å². The van der Waals surface area contributed by atoms with Crippen molar-refractivity contribution < 1.29 is 14.9 Å². The SMILES string of the molecule is COc1ccc(CC(C)NCC(O)c2cccc3[nH]c(=O)ccc23)c(O)c1. The summed E-state index contributed by atoms with van der Waals surface area (Å²) in [6, 6.07) is 14.0. The van der Waals surface area contributed by atoms with E-state index < -0.39 is 6.10 Å².